The maximum absolute atomic E-state index is 13.1. The fraction of sp³-hybridized carbons (Fsp3) is 0.562. The van der Waals surface area contributed by atoms with Crippen molar-refractivity contribution in [3.63, 3.8) is 0 Å². The molecule has 4 heteroatoms. The molecule has 0 aromatic heterocycles. The molecule has 1 heterocycles. The highest BCUT2D eigenvalue weighted by Gasteiger charge is 2.33. The van der Waals surface area contributed by atoms with Crippen LogP contribution in [0.25, 0.3) is 0 Å². The third kappa shape index (κ3) is 3.64. The van der Waals surface area contributed by atoms with Crippen LogP contribution in [-0.2, 0) is 16.0 Å². The lowest BCUT2D eigenvalue weighted by molar-refractivity contribution is -0.122. The lowest BCUT2D eigenvalue weighted by Crippen LogP contribution is -2.40. The summed E-state index contributed by atoms with van der Waals surface area (Å²) in [7, 11) is 0. The molecular weight excluding hydrogens is 257 g/mol. The quantitative estimate of drug-likeness (QED) is 0.868. The Bertz CT molecular complexity index is 476. The van der Waals surface area contributed by atoms with Crippen molar-refractivity contribution in [2.45, 2.75) is 32.7 Å². The molecule has 0 aliphatic carbocycles. The van der Waals surface area contributed by atoms with E-state index < -0.39 is 0 Å². The monoisotopic (exact) mass is 279 g/mol. The molecule has 1 aliphatic rings. The van der Waals surface area contributed by atoms with E-state index in [0.29, 0.717) is 19.6 Å². The number of rotatable bonds is 6. The van der Waals surface area contributed by atoms with Gasteiger partial charge in [-0.1, -0.05) is 13.0 Å². The van der Waals surface area contributed by atoms with Crippen LogP contribution in [0.3, 0.4) is 0 Å². The average molecular weight is 279 g/mol. The Labute approximate surface area is 119 Å². The van der Waals surface area contributed by atoms with Crippen LogP contribution in [-0.4, -0.2) is 31.6 Å². The molecule has 1 saturated heterocycles. The standard InChI is InChI=1S/C16H22FNO2/c1-3-6-18-15-10-20-9-14(15)16(19)8-12-4-5-13(17)7-11(12)2/h4-5,7,14-15,18H,3,6,8-10H2,1-2H3. The van der Waals surface area contributed by atoms with Gasteiger partial charge in [0.2, 0.25) is 0 Å². The first-order valence-corrected chi connectivity index (χ1v) is 7.20. The maximum atomic E-state index is 13.1. The highest BCUT2D eigenvalue weighted by Crippen LogP contribution is 2.19. The zero-order valence-corrected chi connectivity index (χ0v) is 12.1. The largest absolute Gasteiger partial charge is 0.379 e. The Morgan fingerprint density at radius 2 is 2.25 bits per heavy atom. The van der Waals surface area contributed by atoms with Crippen LogP contribution in [0.4, 0.5) is 4.39 Å². The molecule has 2 atom stereocenters. The third-order valence-corrected chi connectivity index (χ3v) is 3.82. The zero-order chi connectivity index (χ0) is 14.5. The second-order valence-corrected chi connectivity index (χ2v) is 5.42. The second-order valence-electron chi connectivity index (χ2n) is 5.42. The number of halogens is 1. The van der Waals surface area contributed by atoms with E-state index in [0.717, 1.165) is 24.1 Å². The lowest BCUT2D eigenvalue weighted by Gasteiger charge is -2.18. The molecule has 0 spiro atoms. The summed E-state index contributed by atoms with van der Waals surface area (Å²) in [6.45, 7) is 5.91. The van der Waals surface area contributed by atoms with Gasteiger partial charge in [0.05, 0.1) is 19.1 Å². The van der Waals surface area contributed by atoms with Gasteiger partial charge in [0, 0.05) is 12.5 Å². The Morgan fingerprint density at radius 1 is 1.45 bits per heavy atom. The van der Waals surface area contributed by atoms with E-state index >= 15 is 0 Å². The molecule has 1 aromatic rings. The van der Waals surface area contributed by atoms with Crippen molar-refractivity contribution in [3.05, 3.63) is 35.1 Å². The van der Waals surface area contributed by atoms with Crippen LogP contribution in [0, 0.1) is 18.7 Å². The molecule has 2 unspecified atom stereocenters. The number of nitrogens with one attached hydrogen (secondary N) is 1. The maximum Gasteiger partial charge on any atom is 0.144 e. The van der Waals surface area contributed by atoms with Crippen LogP contribution in [0.5, 0.6) is 0 Å². The minimum absolute atomic E-state index is 0.0917. The molecule has 1 aromatic carbocycles. The minimum atomic E-state index is -0.259. The fourth-order valence-electron chi connectivity index (χ4n) is 2.58. The number of aryl methyl sites for hydroxylation is 1. The molecule has 2 rings (SSSR count). The van der Waals surface area contributed by atoms with Crippen molar-refractivity contribution in [3.8, 4) is 0 Å². The van der Waals surface area contributed by atoms with Gasteiger partial charge in [-0.25, -0.2) is 4.39 Å². The summed E-state index contributed by atoms with van der Waals surface area (Å²) < 4.78 is 18.5. The van der Waals surface area contributed by atoms with Crippen molar-refractivity contribution in [2.24, 2.45) is 5.92 Å². The van der Waals surface area contributed by atoms with Gasteiger partial charge in [-0.2, -0.15) is 0 Å². The number of benzene rings is 1. The van der Waals surface area contributed by atoms with Crippen LogP contribution in [0.15, 0.2) is 18.2 Å². The molecule has 1 fully saturated rings. The molecule has 0 radical (unpaired) electrons. The number of ketones is 1. The van der Waals surface area contributed by atoms with Crippen LogP contribution in [0.1, 0.15) is 24.5 Å². The van der Waals surface area contributed by atoms with E-state index in [9.17, 15) is 9.18 Å². The van der Waals surface area contributed by atoms with Crippen LogP contribution < -0.4 is 5.32 Å². The molecule has 110 valence electrons. The van der Waals surface area contributed by atoms with Gasteiger partial charge in [-0.05, 0) is 43.1 Å². The number of carbonyl (C=O) groups excluding carboxylic acids is 1. The van der Waals surface area contributed by atoms with Gasteiger partial charge in [0.15, 0.2) is 0 Å². The Kier molecular flexibility index (Phi) is 5.26. The van der Waals surface area contributed by atoms with E-state index in [1.165, 1.54) is 12.1 Å². The lowest BCUT2D eigenvalue weighted by atomic mass is 9.92. The first-order valence-electron chi connectivity index (χ1n) is 7.20. The van der Waals surface area contributed by atoms with E-state index in [-0.39, 0.29) is 23.6 Å². The smallest absolute Gasteiger partial charge is 0.144 e. The van der Waals surface area contributed by atoms with Gasteiger partial charge in [-0.3, -0.25) is 4.79 Å². The minimum Gasteiger partial charge on any atom is -0.379 e. The fourth-order valence-corrected chi connectivity index (χ4v) is 2.58. The Morgan fingerprint density at radius 3 is 2.95 bits per heavy atom. The van der Waals surface area contributed by atoms with Crippen molar-refractivity contribution >= 4 is 5.78 Å². The second kappa shape index (κ2) is 6.95. The first-order chi connectivity index (χ1) is 9.61. The molecule has 0 amide bonds. The van der Waals surface area contributed by atoms with Crippen molar-refractivity contribution in [2.75, 3.05) is 19.8 Å². The average Bonchev–Trinajstić information content (AvgIpc) is 2.88. The molecule has 20 heavy (non-hydrogen) atoms. The summed E-state index contributed by atoms with van der Waals surface area (Å²) in [4.78, 5) is 12.4. The van der Waals surface area contributed by atoms with E-state index in [1.807, 2.05) is 6.92 Å². The van der Waals surface area contributed by atoms with E-state index in [4.69, 9.17) is 4.74 Å². The van der Waals surface area contributed by atoms with Gasteiger partial charge < -0.3 is 10.1 Å². The summed E-state index contributed by atoms with van der Waals surface area (Å²) in [5, 5.41) is 3.37. The molecule has 3 nitrogen and oxygen atoms in total. The van der Waals surface area contributed by atoms with E-state index in [1.54, 1.807) is 6.07 Å². The Hall–Kier alpha value is -1.26. The van der Waals surface area contributed by atoms with Crippen molar-refractivity contribution in [1.29, 1.82) is 0 Å². The number of carbonyl (C=O) groups is 1. The summed E-state index contributed by atoms with van der Waals surface area (Å²) in [6, 6.07) is 4.70. The first kappa shape index (κ1) is 15.1. The number of Topliss-reactive ketones (excluding diaryl/α,β-unsaturated/α-hetero) is 1. The normalized spacial score (nSPS) is 22.1. The summed E-state index contributed by atoms with van der Waals surface area (Å²) >= 11 is 0. The predicted molar refractivity (Wildman–Crippen MR) is 76.2 cm³/mol. The van der Waals surface area contributed by atoms with Gasteiger partial charge >= 0.3 is 0 Å². The number of ether oxygens (including phenoxy) is 1. The molecule has 0 saturated carbocycles. The van der Waals surface area contributed by atoms with Crippen molar-refractivity contribution < 1.29 is 13.9 Å². The van der Waals surface area contributed by atoms with Crippen LogP contribution >= 0.6 is 0 Å². The Balaban J connectivity index is 2.00. The topological polar surface area (TPSA) is 38.3 Å². The number of hydrogen-bond donors (Lipinski definition) is 1. The molecular formula is C16H22FNO2. The van der Waals surface area contributed by atoms with Crippen molar-refractivity contribution in [1.82, 2.24) is 5.32 Å². The third-order valence-electron chi connectivity index (χ3n) is 3.82. The van der Waals surface area contributed by atoms with E-state index in [2.05, 4.69) is 12.2 Å². The van der Waals surface area contributed by atoms with Gasteiger partial charge in [0.1, 0.15) is 11.6 Å². The SMILES string of the molecule is CCCNC1COCC1C(=O)Cc1ccc(F)cc1C. The highest BCUT2D eigenvalue weighted by molar-refractivity contribution is 5.84. The summed E-state index contributed by atoms with van der Waals surface area (Å²) in [6.07, 6.45) is 1.39. The van der Waals surface area contributed by atoms with Gasteiger partial charge in [0.25, 0.3) is 0 Å². The highest BCUT2D eigenvalue weighted by atomic mass is 19.1. The molecule has 1 aliphatic heterocycles. The molecule has 1 N–H and O–H groups in total. The van der Waals surface area contributed by atoms with Crippen LogP contribution in [0.2, 0.25) is 0 Å². The predicted octanol–water partition coefficient (Wildman–Crippen LogP) is 2.26. The summed E-state index contributed by atoms with van der Waals surface area (Å²) in [5.41, 5.74) is 1.73. The number of hydrogen-bond acceptors (Lipinski definition) is 3. The van der Waals surface area contributed by atoms with Gasteiger partial charge in [-0.15, -0.1) is 0 Å². The molecule has 0 bridgehead atoms. The zero-order valence-electron chi connectivity index (χ0n) is 12.1. The summed E-state index contributed by atoms with van der Waals surface area (Å²) in [5.74, 6) is -0.179.